The van der Waals surface area contributed by atoms with Gasteiger partial charge in [-0.3, -0.25) is 0 Å². The van der Waals surface area contributed by atoms with Crippen molar-refractivity contribution < 1.29 is 19.0 Å². The summed E-state index contributed by atoms with van der Waals surface area (Å²) in [6.45, 7) is 2.91. The highest BCUT2D eigenvalue weighted by molar-refractivity contribution is 5.73. The van der Waals surface area contributed by atoms with Crippen molar-refractivity contribution in [2.24, 2.45) is 0 Å². The normalized spacial score (nSPS) is 9.92. The van der Waals surface area contributed by atoms with Gasteiger partial charge in [0.25, 0.3) is 0 Å². The molecule has 0 fully saturated rings. The number of rotatable bonds is 8. The van der Waals surface area contributed by atoms with E-state index in [9.17, 15) is 4.79 Å². The Labute approximate surface area is 141 Å². The zero-order valence-corrected chi connectivity index (χ0v) is 13.9. The van der Waals surface area contributed by atoms with Crippen LogP contribution in [0.4, 0.5) is 4.79 Å². The average Bonchev–Trinajstić information content (AvgIpc) is 2.62. The molecule has 0 spiro atoms. The van der Waals surface area contributed by atoms with Gasteiger partial charge in [0.05, 0.1) is 13.7 Å². The fourth-order valence-corrected chi connectivity index (χ4v) is 2.05. The number of ether oxygens (including phenoxy) is 3. The Morgan fingerprint density at radius 3 is 2.46 bits per heavy atom. The summed E-state index contributed by atoms with van der Waals surface area (Å²) in [4.78, 5) is 11.8. The summed E-state index contributed by atoms with van der Waals surface area (Å²) in [5, 5.41) is 5.40. The molecule has 0 aliphatic heterocycles. The highest BCUT2D eigenvalue weighted by Gasteiger charge is 2.05. The second-order valence-corrected chi connectivity index (χ2v) is 4.88. The Kier molecular flexibility index (Phi) is 6.76. The first-order valence-electron chi connectivity index (χ1n) is 7.72. The first kappa shape index (κ1) is 17.5. The van der Waals surface area contributed by atoms with E-state index in [2.05, 4.69) is 10.6 Å². The molecule has 0 aliphatic carbocycles. The summed E-state index contributed by atoms with van der Waals surface area (Å²) in [7, 11) is 1.61. The molecule has 0 saturated heterocycles. The lowest BCUT2D eigenvalue weighted by molar-refractivity contribution is 0.219. The van der Waals surface area contributed by atoms with Crippen molar-refractivity contribution >= 4 is 6.03 Å². The topological polar surface area (TPSA) is 68.8 Å². The zero-order valence-electron chi connectivity index (χ0n) is 13.9. The van der Waals surface area contributed by atoms with Crippen molar-refractivity contribution in [2.75, 3.05) is 20.4 Å². The first-order valence-corrected chi connectivity index (χ1v) is 7.72. The van der Waals surface area contributed by atoms with E-state index in [0.29, 0.717) is 24.7 Å². The van der Waals surface area contributed by atoms with E-state index in [1.807, 2.05) is 49.4 Å². The Hall–Kier alpha value is -2.89. The standard InChI is InChI=1S/C18H22N2O4/c1-3-23-16-9-4-5-10-17(16)24-13-20-18(21)19-12-14-7-6-8-15(11-14)22-2/h4-11H,3,12-13H2,1-2H3,(H2,19,20,21). The molecule has 2 rings (SSSR count). The van der Waals surface area contributed by atoms with Gasteiger partial charge in [-0.15, -0.1) is 0 Å². The van der Waals surface area contributed by atoms with Crippen LogP contribution in [-0.4, -0.2) is 26.5 Å². The number of para-hydroxylation sites is 2. The average molecular weight is 330 g/mol. The minimum absolute atomic E-state index is 0.0496. The van der Waals surface area contributed by atoms with Gasteiger partial charge in [-0.2, -0.15) is 0 Å². The molecule has 2 amide bonds. The summed E-state index contributed by atoms with van der Waals surface area (Å²) in [6.07, 6.45) is 0. The maximum atomic E-state index is 11.8. The number of carbonyl (C=O) groups excluding carboxylic acids is 1. The molecule has 6 heteroatoms. The lowest BCUT2D eigenvalue weighted by atomic mass is 10.2. The predicted octanol–water partition coefficient (Wildman–Crippen LogP) is 2.93. The molecule has 0 aromatic heterocycles. The summed E-state index contributed by atoms with van der Waals surface area (Å²) in [5.74, 6) is 2.00. The SMILES string of the molecule is CCOc1ccccc1OCNC(=O)NCc1cccc(OC)c1. The molecule has 2 aromatic carbocycles. The van der Waals surface area contributed by atoms with E-state index in [1.54, 1.807) is 13.2 Å². The molecule has 2 N–H and O–H groups in total. The van der Waals surface area contributed by atoms with Gasteiger partial charge in [0.1, 0.15) is 5.75 Å². The van der Waals surface area contributed by atoms with E-state index in [0.717, 1.165) is 11.3 Å². The van der Waals surface area contributed by atoms with Crippen LogP contribution in [0.1, 0.15) is 12.5 Å². The molecule has 128 valence electrons. The fraction of sp³-hybridized carbons (Fsp3) is 0.278. The number of nitrogens with one attached hydrogen (secondary N) is 2. The van der Waals surface area contributed by atoms with Crippen LogP contribution >= 0.6 is 0 Å². The van der Waals surface area contributed by atoms with Crippen LogP contribution in [0.5, 0.6) is 17.2 Å². The first-order chi connectivity index (χ1) is 11.7. The summed E-state index contributed by atoms with van der Waals surface area (Å²) in [5.41, 5.74) is 0.951. The maximum Gasteiger partial charge on any atom is 0.317 e. The smallest absolute Gasteiger partial charge is 0.317 e. The zero-order chi connectivity index (χ0) is 17.2. The van der Waals surface area contributed by atoms with Crippen LogP contribution in [0.3, 0.4) is 0 Å². The number of carbonyl (C=O) groups is 1. The summed E-state index contributed by atoms with van der Waals surface area (Å²) < 4.78 is 16.1. The van der Waals surface area contributed by atoms with Gasteiger partial charge in [0.15, 0.2) is 18.2 Å². The van der Waals surface area contributed by atoms with Gasteiger partial charge < -0.3 is 24.8 Å². The minimum atomic E-state index is -0.313. The van der Waals surface area contributed by atoms with Crippen molar-refractivity contribution in [1.29, 1.82) is 0 Å². The van der Waals surface area contributed by atoms with Crippen LogP contribution in [0.15, 0.2) is 48.5 Å². The number of methoxy groups -OCH3 is 1. The molecule has 2 aromatic rings. The van der Waals surface area contributed by atoms with Crippen LogP contribution in [0, 0.1) is 0 Å². The van der Waals surface area contributed by atoms with Crippen LogP contribution in [-0.2, 0) is 6.54 Å². The molecule has 0 aliphatic rings. The van der Waals surface area contributed by atoms with E-state index in [1.165, 1.54) is 0 Å². The number of amides is 2. The molecular weight excluding hydrogens is 308 g/mol. The second-order valence-electron chi connectivity index (χ2n) is 4.88. The van der Waals surface area contributed by atoms with Crippen molar-refractivity contribution in [3.8, 4) is 17.2 Å². The third kappa shape index (κ3) is 5.39. The van der Waals surface area contributed by atoms with Gasteiger partial charge in [-0.05, 0) is 36.8 Å². The van der Waals surface area contributed by atoms with Crippen molar-refractivity contribution in [1.82, 2.24) is 10.6 Å². The summed E-state index contributed by atoms with van der Waals surface area (Å²) in [6, 6.07) is 14.5. The quantitative estimate of drug-likeness (QED) is 0.730. The van der Waals surface area contributed by atoms with Gasteiger partial charge in [0, 0.05) is 6.54 Å². The molecule has 6 nitrogen and oxygen atoms in total. The molecular formula is C18H22N2O4. The number of hydrogen-bond donors (Lipinski definition) is 2. The maximum absolute atomic E-state index is 11.8. The van der Waals surface area contributed by atoms with Gasteiger partial charge in [0.2, 0.25) is 0 Å². The van der Waals surface area contributed by atoms with Crippen molar-refractivity contribution in [3.63, 3.8) is 0 Å². The van der Waals surface area contributed by atoms with E-state index < -0.39 is 0 Å². The number of hydrogen-bond acceptors (Lipinski definition) is 4. The van der Waals surface area contributed by atoms with Gasteiger partial charge >= 0.3 is 6.03 Å². The highest BCUT2D eigenvalue weighted by Crippen LogP contribution is 2.25. The number of benzene rings is 2. The fourth-order valence-electron chi connectivity index (χ4n) is 2.05. The predicted molar refractivity (Wildman–Crippen MR) is 91.5 cm³/mol. The molecule has 0 atom stereocenters. The molecule has 0 bridgehead atoms. The lowest BCUT2D eigenvalue weighted by Gasteiger charge is -2.12. The molecule has 0 saturated carbocycles. The van der Waals surface area contributed by atoms with Crippen LogP contribution in [0.25, 0.3) is 0 Å². The Morgan fingerprint density at radius 2 is 1.75 bits per heavy atom. The Bertz CT molecular complexity index is 661. The highest BCUT2D eigenvalue weighted by atomic mass is 16.5. The van der Waals surface area contributed by atoms with Crippen LogP contribution < -0.4 is 24.8 Å². The van der Waals surface area contributed by atoms with E-state index in [-0.39, 0.29) is 12.8 Å². The van der Waals surface area contributed by atoms with Gasteiger partial charge in [-0.25, -0.2) is 4.79 Å². The summed E-state index contributed by atoms with van der Waals surface area (Å²) >= 11 is 0. The molecule has 24 heavy (non-hydrogen) atoms. The van der Waals surface area contributed by atoms with Gasteiger partial charge in [-0.1, -0.05) is 24.3 Å². The van der Waals surface area contributed by atoms with Crippen molar-refractivity contribution in [2.45, 2.75) is 13.5 Å². The molecule has 0 unspecified atom stereocenters. The van der Waals surface area contributed by atoms with Crippen molar-refractivity contribution in [3.05, 3.63) is 54.1 Å². The molecule has 0 radical (unpaired) electrons. The third-order valence-corrected chi connectivity index (χ3v) is 3.20. The molecule has 0 heterocycles. The van der Waals surface area contributed by atoms with Crippen LogP contribution in [0.2, 0.25) is 0 Å². The number of urea groups is 1. The van der Waals surface area contributed by atoms with E-state index >= 15 is 0 Å². The third-order valence-electron chi connectivity index (χ3n) is 3.20. The Morgan fingerprint density at radius 1 is 1.00 bits per heavy atom. The minimum Gasteiger partial charge on any atom is -0.497 e. The Balaban J connectivity index is 1.75. The van der Waals surface area contributed by atoms with E-state index in [4.69, 9.17) is 14.2 Å². The largest absolute Gasteiger partial charge is 0.497 e. The lowest BCUT2D eigenvalue weighted by Crippen LogP contribution is -2.37. The second kappa shape index (κ2) is 9.29. The monoisotopic (exact) mass is 330 g/mol.